The quantitative estimate of drug-likeness (QED) is 0.573. The molecule has 2 N–H and O–H groups in total. The van der Waals surface area contributed by atoms with E-state index in [0.29, 0.717) is 18.4 Å². The van der Waals surface area contributed by atoms with E-state index in [2.05, 4.69) is 68.7 Å². The number of benzene rings is 1. The average molecular weight is 305 g/mol. The molecule has 0 saturated carbocycles. The van der Waals surface area contributed by atoms with Crippen molar-refractivity contribution in [1.29, 1.82) is 0 Å². The van der Waals surface area contributed by atoms with Crippen LogP contribution in [0, 0.1) is 5.92 Å². The van der Waals surface area contributed by atoms with Crippen LogP contribution in [0.15, 0.2) is 35.3 Å². The summed E-state index contributed by atoms with van der Waals surface area (Å²) < 4.78 is 5.17. The lowest BCUT2D eigenvalue weighted by Crippen LogP contribution is -2.44. The summed E-state index contributed by atoms with van der Waals surface area (Å²) in [6.45, 7) is 11.0. The van der Waals surface area contributed by atoms with Gasteiger partial charge in [0.1, 0.15) is 0 Å². The van der Waals surface area contributed by atoms with E-state index in [-0.39, 0.29) is 6.04 Å². The normalized spacial score (nSPS) is 14.7. The number of rotatable bonds is 8. The Kier molecular flexibility index (Phi) is 8.60. The monoisotopic (exact) mass is 305 g/mol. The summed E-state index contributed by atoms with van der Waals surface area (Å²) in [5, 5.41) is 6.68. The van der Waals surface area contributed by atoms with Crippen LogP contribution in [0.2, 0.25) is 0 Å². The molecule has 0 aliphatic carbocycles. The van der Waals surface area contributed by atoms with Crippen molar-refractivity contribution in [2.75, 3.05) is 26.8 Å². The number of nitrogens with zero attached hydrogens (tertiary/aromatic N) is 1. The molecule has 4 heteroatoms. The van der Waals surface area contributed by atoms with E-state index in [4.69, 9.17) is 9.73 Å². The minimum atomic E-state index is 0.233. The van der Waals surface area contributed by atoms with Crippen LogP contribution < -0.4 is 10.6 Å². The first kappa shape index (κ1) is 18.5. The Hall–Kier alpha value is -1.55. The third-order valence-corrected chi connectivity index (χ3v) is 3.62. The Morgan fingerprint density at radius 2 is 1.86 bits per heavy atom. The molecule has 0 spiro atoms. The lowest BCUT2D eigenvalue weighted by Gasteiger charge is -2.21. The largest absolute Gasteiger partial charge is 0.383 e. The van der Waals surface area contributed by atoms with E-state index in [0.717, 1.165) is 19.0 Å². The van der Waals surface area contributed by atoms with Crippen molar-refractivity contribution < 1.29 is 4.74 Å². The molecular formula is C18H31N3O. The Bertz CT molecular complexity index is 431. The molecular weight excluding hydrogens is 274 g/mol. The fraction of sp³-hybridized carbons (Fsp3) is 0.611. The summed E-state index contributed by atoms with van der Waals surface area (Å²) in [5.74, 6) is 1.83. The molecule has 2 atom stereocenters. The molecule has 0 aromatic heterocycles. The van der Waals surface area contributed by atoms with Crippen molar-refractivity contribution in [2.45, 2.75) is 39.7 Å². The van der Waals surface area contributed by atoms with Crippen LogP contribution in [0.4, 0.5) is 0 Å². The standard InChI is InChI=1S/C18H31N3O/c1-6-19-18(21-15(4)13-22-5)20-12-17(14(2)3)16-10-8-7-9-11-16/h7-11,14-15,17H,6,12-13H2,1-5H3,(H2,19,20,21). The molecule has 4 nitrogen and oxygen atoms in total. The number of ether oxygens (including phenoxy) is 1. The van der Waals surface area contributed by atoms with E-state index in [1.54, 1.807) is 7.11 Å². The molecule has 0 fully saturated rings. The second-order valence-electron chi connectivity index (χ2n) is 5.98. The van der Waals surface area contributed by atoms with Crippen LogP contribution in [0.3, 0.4) is 0 Å². The number of aliphatic imine (C=N–C) groups is 1. The van der Waals surface area contributed by atoms with E-state index >= 15 is 0 Å². The molecule has 0 heterocycles. The molecule has 1 rings (SSSR count). The predicted molar refractivity (Wildman–Crippen MR) is 94.5 cm³/mol. The number of hydrogen-bond donors (Lipinski definition) is 2. The predicted octanol–water partition coefficient (Wildman–Crippen LogP) is 3.02. The van der Waals surface area contributed by atoms with Gasteiger partial charge in [0.05, 0.1) is 6.61 Å². The smallest absolute Gasteiger partial charge is 0.191 e. The molecule has 0 aliphatic rings. The summed E-state index contributed by atoms with van der Waals surface area (Å²) >= 11 is 0. The maximum atomic E-state index is 5.17. The van der Waals surface area contributed by atoms with Crippen molar-refractivity contribution in [3.8, 4) is 0 Å². The summed E-state index contributed by atoms with van der Waals surface area (Å²) in [6, 6.07) is 10.9. The fourth-order valence-corrected chi connectivity index (χ4v) is 2.44. The lowest BCUT2D eigenvalue weighted by atomic mass is 9.88. The van der Waals surface area contributed by atoms with Gasteiger partial charge in [-0.1, -0.05) is 44.2 Å². The van der Waals surface area contributed by atoms with Gasteiger partial charge in [0.2, 0.25) is 0 Å². The summed E-state index contributed by atoms with van der Waals surface area (Å²) in [6.07, 6.45) is 0. The molecule has 0 radical (unpaired) electrons. The van der Waals surface area contributed by atoms with Crippen LogP contribution in [0.25, 0.3) is 0 Å². The van der Waals surface area contributed by atoms with Gasteiger partial charge in [-0.15, -0.1) is 0 Å². The Morgan fingerprint density at radius 1 is 1.18 bits per heavy atom. The minimum absolute atomic E-state index is 0.233. The van der Waals surface area contributed by atoms with Crippen molar-refractivity contribution >= 4 is 5.96 Å². The van der Waals surface area contributed by atoms with E-state index < -0.39 is 0 Å². The van der Waals surface area contributed by atoms with Crippen molar-refractivity contribution in [2.24, 2.45) is 10.9 Å². The van der Waals surface area contributed by atoms with Gasteiger partial charge < -0.3 is 15.4 Å². The number of guanidine groups is 1. The first-order chi connectivity index (χ1) is 10.6. The Morgan fingerprint density at radius 3 is 2.41 bits per heavy atom. The van der Waals surface area contributed by atoms with E-state index in [1.807, 2.05) is 0 Å². The van der Waals surface area contributed by atoms with Gasteiger partial charge >= 0.3 is 0 Å². The lowest BCUT2D eigenvalue weighted by molar-refractivity contribution is 0.179. The second-order valence-corrected chi connectivity index (χ2v) is 5.98. The molecule has 124 valence electrons. The highest BCUT2D eigenvalue weighted by atomic mass is 16.5. The Labute approximate surface area is 135 Å². The molecule has 0 saturated heterocycles. The van der Waals surface area contributed by atoms with Gasteiger partial charge in [0.25, 0.3) is 0 Å². The van der Waals surface area contributed by atoms with Crippen LogP contribution in [0.1, 0.15) is 39.2 Å². The zero-order chi connectivity index (χ0) is 16.4. The van der Waals surface area contributed by atoms with Crippen molar-refractivity contribution in [3.63, 3.8) is 0 Å². The SMILES string of the molecule is CCNC(=NCC(c1ccccc1)C(C)C)NC(C)COC. The van der Waals surface area contributed by atoms with Gasteiger partial charge in [-0.2, -0.15) is 0 Å². The number of hydrogen-bond acceptors (Lipinski definition) is 2. The maximum Gasteiger partial charge on any atom is 0.191 e. The minimum Gasteiger partial charge on any atom is -0.383 e. The van der Waals surface area contributed by atoms with Gasteiger partial charge in [0, 0.05) is 32.2 Å². The van der Waals surface area contributed by atoms with Crippen LogP contribution >= 0.6 is 0 Å². The van der Waals surface area contributed by atoms with Crippen molar-refractivity contribution in [1.82, 2.24) is 10.6 Å². The average Bonchev–Trinajstić information content (AvgIpc) is 2.48. The highest BCUT2D eigenvalue weighted by Crippen LogP contribution is 2.24. The highest BCUT2D eigenvalue weighted by Gasteiger charge is 2.15. The highest BCUT2D eigenvalue weighted by molar-refractivity contribution is 5.80. The molecule has 0 bridgehead atoms. The Balaban J connectivity index is 2.76. The summed E-state index contributed by atoms with van der Waals surface area (Å²) in [7, 11) is 1.71. The van der Waals surface area contributed by atoms with E-state index in [9.17, 15) is 0 Å². The maximum absolute atomic E-state index is 5.17. The third-order valence-electron chi connectivity index (χ3n) is 3.62. The topological polar surface area (TPSA) is 45.7 Å². The van der Waals surface area contributed by atoms with Gasteiger partial charge in [0.15, 0.2) is 5.96 Å². The van der Waals surface area contributed by atoms with Crippen LogP contribution in [-0.2, 0) is 4.74 Å². The zero-order valence-corrected chi connectivity index (χ0v) is 14.6. The summed E-state index contributed by atoms with van der Waals surface area (Å²) in [5.41, 5.74) is 1.35. The zero-order valence-electron chi connectivity index (χ0n) is 14.6. The van der Waals surface area contributed by atoms with Gasteiger partial charge in [-0.05, 0) is 25.3 Å². The number of methoxy groups -OCH3 is 1. The first-order valence-corrected chi connectivity index (χ1v) is 8.17. The molecule has 0 amide bonds. The van der Waals surface area contributed by atoms with Crippen LogP contribution in [0.5, 0.6) is 0 Å². The third kappa shape index (κ3) is 6.48. The van der Waals surface area contributed by atoms with E-state index in [1.165, 1.54) is 5.56 Å². The first-order valence-electron chi connectivity index (χ1n) is 8.17. The molecule has 1 aromatic carbocycles. The second kappa shape index (κ2) is 10.2. The van der Waals surface area contributed by atoms with Gasteiger partial charge in [-0.25, -0.2) is 0 Å². The number of nitrogens with one attached hydrogen (secondary N) is 2. The molecule has 1 aromatic rings. The fourth-order valence-electron chi connectivity index (χ4n) is 2.44. The van der Waals surface area contributed by atoms with Crippen molar-refractivity contribution in [3.05, 3.63) is 35.9 Å². The molecule has 2 unspecified atom stereocenters. The van der Waals surface area contributed by atoms with Crippen LogP contribution in [-0.4, -0.2) is 38.8 Å². The molecule has 0 aliphatic heterocycles. The molecule has 22 heavy (non-hydrogen) atoms. The summed E-state index contributed by atoms with van der Waals surface area (Å²) in [4.78, 5) is 4.77. The van der Waals surface area contributed by atoms with Gasteiger partial charge in [-0.3, -0.25) is 4.99 Å².